The van der Waals surface area contributed by atoms with Gasteiger partial charge >= 0.3 is 0 Å². The molecular weight excluding hydrogens is 375 g/mol. The number of hydrogen-bond acceptors (Lipinski definition) is 6. The van der Waals surface area contributed by atoms with Crippen molar-refractivity contribution >= 4 is 34.8 Å². The molecule has 0 aromatic heterocycles. The Bertz CT molecular complexity index is 525. The van der Waals surface area contributed by atoms with Crippen LogP contribution >= 0.6 is 23.2 Å². The molecule has 0 fully saturated rings. The zero-order valence-electron chi connectivity index (χ0n) is 13.3. The van der Waals surface area contributed by atoms with E-state index >= 15 is 0 Å². The van der Waals surface area contributed by atoms with Gasteiger partial charge in [0.05, 0.1) is 17.6 Å². The molecule has 1 aromatic rings. The zero-order chi connectivity index (χ0) is 19.4. The number of aliphatic hydroxyl groups is 3. The number of amides is 1. The summed E-state index contributed by atoms with van der Waals surface area (Å²) in [6.07, 6.45) is 0.424. The summed E-state index contributed by atoms with van der Waals surface area (Å²) in [5.41, 5.74) is 0.169. The van der Waals surface area contributed by atoms with E-state index in [9.17, 15) is 20.0 Å². The first kappa shape index (κ1) is 23.5. The summed E-state index contributed by atoms with van der Waals surface area (Å²) >= 11 is 10.7. The normalized spacial score (nSPS) is 12.8. The molecule has 1 radical (unpaired) electrons. The number of alkyl halides is 2. The first-order valence-corrected chi connectivity index (χ1v) is 8.17. The van der Waals surface area contributed by atoms with Crippen LogP contribution < -0.4 is 5.32 Å². The van der Waals surface area contributed by atoms with Crippen LogP contribution in [0.2, 0.25) is 0 Å². The van der Waals surface area contributed by atoms with Gasteiger partial charge in [-0.3, -0.25) is 14.9 Å². The van der Waals surface area contributed by atoms with Gasteiger partial charge in [-0.05, 0) is 24.1 Å². The van der Waals surface area contributed by atoms with Gasteiger partial charge in [0.1, 0.15) is 6.10 Å². The van der Waals surface area contributed by atoms with E-state index in [0.29, 0.717) is 5.56 Å². The van der Waals surface area contributed by atoms with E-state index in [4.69, 9.17) is 33.4 Å². The third-order valence-electron chi connectivity index (χ3n) is 2.96. The molecule has 0 aliphatic carbocycles. The van der Waals surface area contributed by atoms with E-state index in [1.165, 1.54) is 24.3 Å². The molecule has 4 N–H and O–H groups in total. The Kier molecular flexibility index (Phi) is 12.1. The zero-order valence-corrected chi connectivity index (χ0v) is 14.9. The van der Waals surface area contributed by atoms with Crippen LogP contribution in [0, 0.1) is 17.0 Å². The van der Waals surface area contributed by atoms with Crippen molar-refractivity contribution in [2.24, 2.45) is 0 Å². The number of non-ortho nitro benzene ring substituents is 1. The van der Waals surface area contributed by atoms with E-state index < -0.39 is 34.4 Å². The Morgan fingerprint density at radius 2 is 1.84 bits per heavy atom. The maximum Gasteiger partial charge on any atom is 0.269 e. The van der Waals surface area contributed by atoms with Crippen LogP contribution in [0.4, 0.5) is 5.69 Å². The molecule has 141 valence electrons. The van der Waals surface area contributed by atoms with Gasteiger partial charge in [0, 0.05) is 18.7 Å². The average Bonchev–Trinajstić information content (AvgIpc) is 2.60. The standard InChI is InChI=1S/C11H12Cl2N2O5.C4H9O/c12-10(13)11(18)14-8(5-16)9(17)6-1-3-7(4-2-6)15(19)20;1-2-3-4-5/h1-4,8-10,16-17H,5H2,(H,14,18);5H,1-4H2/t8-,9-;/m0./s1. The number of nitro groups is 1. The van der Waals surface area contributed by atoms with Gasteiger partial charge in [-0.25, -0.2) is 0 Å². The minimum absolute atomic E-state index is 0.132. The maximum absolute atomic E-state index is 11.3. The number of nitro benzene ring substituents is 1. The van der Waals surface area contributed by atoms with Crippen molar-refractivity contribution in [2.45, 2.75) is 29.8 Å². The number of nitrogens with zero attached hydrogens (tertiary/aromatic N) is 1. The van der Waals surface area contributed by atoms with Crippen molar-refractivity contribution in [3.05, 3.63) is 46.9 Å². The lowest BCUT2D eigenvalue weighted by Gasteiger charge is -2.22. The molecule has 0 aliphatic rings. The van der Waals surface area contributed by atoms with Crippen molar-refractivity contribution in [2.75, 3.05) is 13.2 Å². The van der Waals surface area contributed by atoms with Crippen LogP contribution in [0.1, 0.15) is 24.5 Å². The van der Waals surface area contributed by atoms with E-state index in [2.05, 4.69) is 12.2 Å². The van der Waals surface area contributed by atoms with E-state index in [-0.39, 0.29) is 12.3 Å². The van der Waals surface area contributed by atoms with Crippen molar-refractivity contribution in [3.63, 3.8) is 0 Å². The highest BCUT2D eigenvalue weighted by Gasteiger charge is 2.24. The lowest BCUT2D eigenvalue weighted by atomic mass is 10.0. The number of benzene rings is 1. The van der Waals surface area contributed by atoms with Crippen molar-refractivity contribution in [1.29, 1.82) is 0 Å². The number of aliphatic hydroxyl groups excluding tert-OH is 3. The van der Waals surface area contributed by atoms with Crippen molar-refractivity contribution < 1.29 is 25.0 Å². The van der Waals surface area contributed by atoms with Gasteiger partial charge in [-0.2, -0.15) is 0 Å². The highest BCUT2D eigenvalue weighted by atomic mass is 35.5. The predicted octanol–water partition coefficient (Wildman–Crippen LogP) is 1.50. The van der Waals surface area contributed by atoms with Gasteiger partial charge in [0.25, 0.3) is 11.6 Å². The fourth-order valence-corrected chi connectivity index (χ4v) is 1.73. The number of unbranched alkanes of at least 4 members (excludes halogenated alkanes) is 1. The summed E-state index contributed by atoms with van der Waals surface area (Å²) in [4.78, 5) is 19.9. The second-order valence-electron chi connectivity index (χ2n) is 4.82. The summed E-state index contributed by atoms with van der Waals surface area (Å²) in [5, 5.41) is 40.0. The van der Waals surface area contributed by atoms with E-state index in [1.807, 2.05) is 0 Å². The smallest absolute Gasteiger partial charge is 0.269 e. The molecule has 0 heterocycles. The summed E-state index contributed by atoms with van der Waals surface area (Å²) in [7, 11) is 0. The molecule has 0 unspecified atom stereocenters. The van der Waals surface area contributed by atoms with Crippen LogP contribution in [0.3, 0.4) is 0 Å². The Labute approximate surface area is 155 Å². The van der Waals surface area contributed by atoms with Crippen LogP contribution in [0.5, 0.6) is 0 Å². The molecule has 1 amide bonds. The van der Waals surface area contributed by atoms with Gasteiger partial charge < -0.3 is 20.6 Å². The van der Waals surface area contributed by atoms with Crippen molar-refractivity contribution in [1.82, 2.24) is 5.32 Å². The number of carbonyl (C=O) groups is 1. The average molecular weight is 396 g/mol. The molecule has 0 spiro atoms. The molecule has 0 saturated heterocycles. The molecule has 2 atom stereocenters. The molecule has 8 nitrogen and oxygen atoms in total. The summed E-state index contributed by atoms with van der Waals surface area (Å²) < 4.78 is 0. The summed E-state index contributed by atoms with van der Waals surface area (Å²) in [5.74, 6) is -0.756. The second kappa shape index (κ2) is 12.8. The minimum atomic E-state index is -1.33. The van der Waals surface area contributed by atoms with Crippen LogP contribution in [0.25, 0.3) is 0 Å². The van der Waals surface area contributed by atoms with Crippen LogP contribution in [0.15, 0.2) is 24.3 Å². The van der Waals surface area contributed by atoms with Gasteiger partial charge in [0.2, 0.25) is 0 Å². The maximum atomic E-state index is 11.3. The quantitative estimate of drug-likeness (QED) is 0.299. The van der Waals surface area contributed by atoms with Gasteiger partial charge in [0.15, 0.2) is 4.84 Å². The molecule has 0 bridgehead atoms. The fraction of sp³-hybridized carbons (Fsp3) is 0.467. The molecular formula is C15H21Cl2N2O6. The number of hydrogen-bond donors (Lipinski definition) is 4. The second-order valence-corrected chi connectivity index (χ2v) is 5.92. The summed E-state index contributed by atoms with van der Waals surface area (Å²) in [6, 6.07) is 4.05. The van der Waals surface area contributed by atoms with Crippen LogP contribution in [-0.2, 0) is 4.79 Å². The summed E-state index contributed by atoms with van der Waals surface area (Å²) in [6.45, 7) is 3.25. The third-order valence-corrected chi connectivity index (χ3v) is 3.35. The molecule has 0 aliphatic heterocycles. The highest BCUT2D eigenvalue weighted by Crippen LogP contribution is 2.20. The molecule has 25 heavy (non-hydrogen) atoms. The molecule has 0 saturated carbocycles. The Morgan fingerprint density at radius 1 is 1.28 bits per heavy atom. The van der Waals surface area contributed by atoms with Crippen molar-refractivity contribution in [3.8, 4) is 0 Å². The highest BCUT2D eigenvalue weighted by molar-refractivity contribution is 6.53. The predicted molar refractivity (Wildman–Crippen MR) is 94.2 cm³/mol. The number of nitrogens with one attached hydrogen (secondary N) is 1. The first-order chi connectivity index (χ1) is 11.8. The Morgan fingerprint density at radius 3 is 2.16 bits per heavy atom. The third kappa shape index (κ3) is 8.99. The monoisotopic (exact) mass is 395 g/mol. The lowest BCUT2D eigenvalue weighted by molar-refractivity contribution is -0.384. The largest absolute Gasteiger partial charge is 0.396 e. The minimum Gasteiger partial charge on any atom is -0.396 e. The van der Waals surface area contributed by atoms with Crippen LogP contribution in [-0.4, -0.2) is 50.2 Å². The number of halogens is 2. The van der Waals surface area contributed by atoms with E-state index in [1.54, 1.807) is 0 Å². The van der Waals surface area contributed by atoms with Gasteiger partial charge in [-0.15, -0.1) is 0 Å². The van der Waals surface area contributed by atoms with Gasteiger partial charge in [-0.1, -0.05) is 36.5 Å². The van der Waals surface area contributed by atoms with E-state index in [0.717, 1.165) is 12.8 Å². The SMILES string of the molecule is O=C(N[C@@H](CO)[C@@H](O)c1ccc([N+](=O)[O-])cc1)C(Cl)Cl.[CH2]CCCO. The molecule has 1 rings (SSSR count). The molecule has 1 aromatic carbocycles. The molecule has 10 heteroatoms. The fourth-order valence-electron chi connectivity index (χ4n) is 1.61. The Balaban J connectivity index is 0.00000101. The Hall–Kier alpha value is -1.45. The lowest BCUT2D eigenvalue weighted by Crippen LogP contribution is -2.44. The number of carbonyl (C=O) groups excluding carboxylic acids is 1. The topological polar surface area (TPSA) is 133 Å². The first-order valence-electron chi connectivity index (χ1n) is 7.30. The number of rotatable bonds is 8.